The maximum Gasteiger partial charge on any atom is 0.308 e. The molecule has 0 N–H and O–H groups in total. The van der Waals surface area contributed by atoms with Gasteiger partial charge in [0.1, 0.15) is 5.82 Å². The number of ether oxygens (including phenoxy) is 2. The van der Waals surface area contributed by atoms with Gasteiger partial charge in [-0.05, 0) is 30.3 Å². The van der Waals surface area contributed by atoms with Crippen LogP contribution < -0.4 is 15.0 Å². The van der Waals surface area contributed by atoms with Gasteiger partial charge in [-0.3, -0.25) is 9.59 Å². The highest BCUT2D eigenvalue weighted by Crippen LogP contribution is 2.30. The van der Waals surface area contributed by atoms with Crippen molar-refractivity contribution in [2.45, 2.75) is 33.1 Å². The van der Waals surface area contributed by atoms with E-state index >= 15 is 0 Å². The topological polar surface area (TPSA) is 82.8 Å². The van der Waals surface area contributed by atoms with Crippen molar-refractivity contribution in [2.24, 2.45) is 5.10 Å². The quantitative estimate of drug-likeness (QED) is 0.322. The molecule has 0 atom stereocenters. The minimum Gasteiger partial charge on any atom is -0.493 e. The van der Waals surface area contributed by atoms with Gasteiger partial charge < -0.3 is 9.47 Å². The van der Waals surface area contributed by atoms with E-state index in [4.69, 9.17) is 9.47 Å². The van der Waals surface area contributed by atoms with Crippen LogP contribution in [0.2, 0.25) is 0 Å². The van der Waals surface area contributed by atoms with E-state index in [2.05, 4.69) is 26.0 Å². The molecule has 8 heteroatoms. The van der Waals surface area contributed by atoms with Crippen molar-refractivity contribution in [3.8, 4) is 11.5 Å². The zero-order chi connectivity index (χ0) is 22.1. The lowest BCUT2D eigenvalue weighted by Gasteiger charge is -2.21. The molecule has 1 aromatic heterocycles. The Hall–Kier alpha value is -3.00. The number of esters is 1. The standard InChI is InChI=1S/C22H22BrN3O4/c1-13(27)30-19-14(7-6-8-18(19)29-5)12-24-26-20(28)16-11-15(23)9-10-17(16)25-21(26)22(2,3)4/h6-12H,1-5H3. The predicted molar refractivity (Wildman–Crippen MR) is 120 cm³/mol. The second-order valence-electron chi connectivity index (χ2n) is 7.68. The van der Waals surface area contributed by atoms with Crippen LogP contribution >= 0.6 is 15.9 Å². The highest BCUT2D eigenvalue weighted by Gasteiger charge is 2.23. The molecule has 0 aliphatic rings. The smallest absolute Gasteiger partial charge is 0.308 e. The maximum atomic E-state index is 13.2. The first-order chi connectivity index (χ1) is 14.1. The van der Waals surface area contributed by atoms with Gasteiger partial charge in [0.05, 0.1) is 24.2 Å². The molecule has 0 radical (unpaired) electrons. The fourth-order valence-corrected chi connectivity index (χ4v) is 3.27. The molecule has 0 aliphatic heterocycles. The largest absolute Gasteiger partial charge is 0.493 e. The number of aromatic nitrogens is 2. The molecule has 0 unspecified atom stereocenters. The number of benzene rings is 2. The molecule has 156 valence electrons. The highest BCUT2D eigenvalue weighted by molar-refractivity contribution is 9.10. The monoisotopic (exact) mass is 471 g/mol. The third-order valence-corrected chi connectivity index (χ3v) is 4.76. The van der Waals surface area contributed by atoms with E-state index in [1.54, 1.807) is 30.3 Å². The normalized spacial score (nSPS) is 11.8. The molecule has 0 fully saturated rings. The highest BCUT2D eigenvalue weighted by atomic mass is 79.9. The Balaban J connectivity index is 2.23. The summed E-state index contributed by atoms with van der Waals surface area (Å²) >= 11 is 3.40. The fourth-order valence-electron chi connectivity index (χ4n) is 2.91. The molecule has 1 heterocycles. The van der Waals surface area contributed by atoms with E-state index in [1.165, 1.54) is 24.9 Å². The van der Waals surface area contributed by atoms with Crippen molar-refractivity contribution >= 4 is 39.0 Å². The SMILES string of the molecule is COc1cccc(C=Nn2c(C(C)(C)C)nc3ccc(Br)cc3c2=O)c1OC(C)=O. The first-order valence-corrected chi connectivity index (χ1v) is 10.0. The number of methoxy groups -OCH3 is 1. The summed E-state index contributed by atoms with van der Waals surface area (Å²) in [4.78, 5) is 29.5. The van der Waals surface area contributed by atoms with Crippen LogP contribution in [0.25, 0.3) is 10.9 Å². The summed E-state index contributed by atoms with van der Waals surface area (Å²) in [5, 5.41) is 4.86. The summed E-state index contributed by atoms with van der Waals surface area (Å²) in [5.41, 5.74) is 0.358. The zero-order valence-corrected chi connectivity index (χ0v) is 19.0. The Morgan fingerprint density at radius 1 is 1.23 bits per heavy atom. The zero-order valence-electron chi connectivity index (χ0n) is 17.4. The van der Waals surface area contributed by atoms with Crippen molar-refractivity contribution in [3.63, 3.8) is 0 Å². The minimum absolute atomic E-state index is 0.234. The summed E-state index contributed by atoms with van der Waals surface area (Å²) in [6.45, 7) is 7.19. The van der Waals surface area contributed by atoms with Gasteiger partial charge in [0.2, 0.25) is 0 Å². The number of para-hydroxylation sites is 1. The van der Waals surface area contributed by atoms with Crippen LogP contribution in [0, 0.1) is 0 Å². The molecule has 0 bridgehead atoms. The number of hydrogen-bond acceptors (Lipinski definition) is 6. The molecule has 2 aromatic carbocycles. The lowest BCUT2D eigenvalue weighted by atomic mass is 9.95. The number of carbonyl (C=O) groups excluding carboxylic acids is 1. The van der Waals surface area contributed by atoms with Gasteiger partial charge in [0.15, 0.2) is 11.5 Å². The minimum atomic E-state index is -0.487. The summed E-state index contributed by atoms with van der Waals surface area (Å²) in [6.07, 6.45) is 1.46. The summed E-state index contributed by atoms with van der Waals surface area (Å²) in [6, 6.07) is 10.5. The van der Waals surface area contributed by atoms with E-state index in [0.29, 0.717) is 28.0 Å². The van der Waals surface area contributed by atoms with Crippen molar-refractivity contribution in [1.29, 1.82) is 0 Å². The number of hydrogen-bond donors (Lipinski definition) is 0. The summed E-state index contributed by atoms with van der Waals surface area (Å²) < 4.78 is 12.7. The number of halogens is 1. The van der Waals surface area contributed by atoms with Gasteiger partial charge >= 0.3 is 5.97 Å². The Kier molecular flexibility index (Phi) is 6.07. The third-order valence-electron chi connectivity index (χ3n) is 4.27. The Bertz CT molecular complexity index is 1210. The van der Waals surface area contributed by atoms with E-state index in [9.17, 15) is 9.59 Å². The molecule has 0 saturated carbocycles. The third kappa shape index (κ3) is 4.43. The molecule has 0 saturated heterocycles. The maximum absolute atomic E-state index is 13.2. The van der Waals surface area contributed by atoms with Crippen LogP contribution in [-0.4, -0.2) is 29.0 Å². The lowest BCUT2D eigenvalue weighted by Crippen LogP contribution is -2.29. The average Bonchev–Trinajstić information content (AvgIpc) is 2.67. The molecular weight excluding hydrogens is 450 g/mol. The van der Waals surface area contributed by atoms with Crippen LogP contribution in [0.1, 0.15) is 39.1 Å². The molecule has 0 aliphatic carbocycles. The van der Waals surface area contributed by atoms with Gasteiger partial charge in [-0.15, -0.1) is 0 Å². The first kappa shape index (κ1) is 21.7. The van der Waals surface area contributed by atoms with Crippen molar-refractivity contribution in [3.05, 3.63) is 62.6 Å². The molecule has 7 nitrogen and oxygen atoms in total. The molecule has 0 amide bonds. The van der Waals surface area contributed by atoms with Crippen LogP contribution in [0.5, 0.6) is 11.5 Å². The van der Waals surface area contributed by atoms with E-state index in [0.717, 1.165) is 4.47 Å². The molecule has 3 rings (SSSR count). The summed E-state index contributed by atoms with van der Waals surface area (Å²) in [7, 11) is 1.48. The van der Waals surface area contributed by atoms with Gasteiger partial charge in [0.25, 0.3) is 5.56 Å². The van der Waals surface area contributed by atoms with E-state index in [-0.39, 0.29) is 11.3 Å². The van der Waals surface area contributed by atoms with Crippen molar-refractivity contribution < 1.29 is 14.3 Å². The van der Waals surface area contributed by atoms with Gasteiger partial charge in [-0.25, -0.2) is 4.98 Å². The van der Waals surface area contributed by atoms with Crippen molar-refractivity contribution in [1.82, 2.24) is 9.66 Å². The number of nitrogens with zero attached hydrogens (tertiary/aromatic N) is 3. The van der Waals surface area contributed by atoms with Gasteiger partial charge in [-0.2, -0.15) is 9.78 Å². The van der Waals surface area contributed by atoms with E-state index < -0.39 is 11.4 Å². The van der Waals surface area contributed by atoms with Crippen LogP contribution in [0.15, 0.2) is 50.8 Å². The second-order valence-corrected chi connectivity index (χ2v) is 8.60. The Morgan fingerprint density at radius 2 is 1.97 bits per heavy atom. The first-order valence-electron chi connectivity index (χ1n) is 9.24. The molecule has 3 aromatic rings. The predicted octanol–water partition coefficient (Wildman–Crippen LogP) is 4.27. The average molecular weight is 472 g/mol. The van der Waals surface area contributed by atoms with Gasteiger partial charge in [-0.1, -0.05) is 42.8 Å². The van der Waals surface area contributed by atoms with Gasteiger partial charge in [0, 0.05) is 22.4 Å². The van der Waals surface area contributed by atoms with Crippen LogP contribution in [0.3, 0.4) is 0 Å². The Labute approximate surface area is 182 Å². The number of carbonyl (C=O) groups is 1. The number of fused-ring (bicyclic) bond motifs is 1. The molecule has 0 spiro atoms. The van der Waals surface area contributed by atoms with Crippen LogP contribution in [0.4, 0.5) is 0 Å². The molecular formula is C22H22BrN3O4. The summed E-state index contributed by atoms with van der Waals surface area (Å²) in [5.74, 6) is 0.644. The fraction of sp³-hybridized carbons (Fsp3) is 0.273. The van der Waals surface area contributed by atoms with E-state index in [1.807, 2.05) is 26.8 Å². The Morgan fingerprint density at radius 3 is 2.60 bits per heavy atom. The lowest BCUT2D eigenvalue weighted by molar-refractivity contribution is -0.132. The second kappa shape index (κ2) is 8.39. The van der Waals surface area contributed by atoms with Crippen LogP contribution in [-0.2, 0) is 10.2 Å². The number of rotatable bonds is 4. The molecule has 30 heavy (non-hydrogen) atoms. The van der Waals surface area contributed by atoms with Crippen molar-refractivity contribution in [2.75, 3.05) is 7.11 Å².